The van der Waals surface area contributed by atoms with E-state index in [4.69, 9.17) is 11.6 Å². The lowest BCUT2D eigenvalue weighted by atomic mass is 10.1. The Kier molecular flexibility index (Phi) is 3.62. The van der Waals surface area contributed by atoms with Gasteiger partial charge in [-0.25, -0.2) is 0 Å². The quantitative estimate of drug-likeness (QED) is 0.676. The van der Waals surface area contributed by atoms with Crippen molar-refractivity contribution in [2.75, 3.05) is 5.32 Å². The van der Waals surface area contributed by atoms with Crippen molar-refractivity contribution < 1.29 is 0 Å². The van der Waals surface area contributed by atoms with E-state index < -0.39 is 0 Å². The number of anilines is 1. The summed E-state index contributed by atoms with van der Waals surface area (Å²) >= 11 is 6.27. The van der Waals surface area contributed by atoms with Crippen molar-refractivity contribution in [3.8, 4) is 0 Å². The lowest BCUT2D eigenvalue weighted by Crippen LogP contribution is -2.00. The molecule has 0 saturated carbocycles. The third kappa shape index (κ3) is 2.63. The van der Waals surface area contributed by atoms with Crippen molar-refractivity contribution in [3.63, 3.8) is 0 Å². The number of rotatable bonds is 3. The van der Waals surface area contributed by atoms with Crippen molar-refractivity contribution in [1.29, 1.82) is 0 Å². The number of benzene rings is 3. The first kappa shape index (κ1) is 13.0. The van der Waals surface area contributed by atoms with Crippen LogP contribution >= 0.6 is 11.6 Å². The van der Waals surface area contributed by atoms with Crippen molar-refractivity contribution in [1.82, 2.24) is 0 Å². The Bertz CT molecular complexity index is 744. The standard InChI is InChI=1S/C18H16ClN/c1-13-9-10-15(17(19)11-13)12-20-18-8-4-6-14-5-2-3-7-16(14)18/h2-11,20H,12H2,1H3. The van der Waals surface area contributed by atoms with E-state index in [1.54, 1.807) is 0 Å². The van der Waals surface area contributed by atoms with Crippen LogP contribution in [0.25, 0.3) is 10.8 Å². The third-order valence-electron chi connectivity index (χ3n) is 3.47. The second-order valence-corrected chi connectivity index (χ2v) is 5.38. The summed E-state index contributed by atoms with van der Waals surface area (Å²) in [5, 5.41) is 6.77. The molecule has 0 heterocycles. The van der Waals surface area contributed by atoms with Crippen LogP contribution < -0.4 is 5.32 Å². The molecule has 2 heteroatoms. The summed E-state index contributed by atoms with van der Waals surface area (Å²) in [5.74, 6) is 0. The van der Waals surface area contributed by atoms with Gasteiger partial charge < -0.3 is 5.32 Å². The lowest BCUT2D eigenvalue weighted by Gasteiger charge is -2.11. The summed E-state index contributed by atoms with van der Waals surface area (Å²) in [6.07, 6.45) is 0. The fraction of sp³-hybridized carbons (Fsp3) is 0.111. The van der Waals surface area contributed by atoms with Crippen LogP contribution in [0.5, 0.6) is 0 Å². The molecule has 1 nitrogen and oxygen atoms in total. The largest absolute Gasteiger partial charge is 0.380 e. The van der Waals surface area contributed by atoms with Crippen LogP contribution in [0.15, 0.2) is 60.7 Å². The van der Waals surface area contributed by atoms with Gasteiger partial charge in [0.25, 0.3) is 0 Å². The van der Waals surface area contributed by atoms with Crippen LogP contribution in [0, 0.1) is 6.92 Å². The third-order valence-corrected chi connectivity index (χ3v) is 3.82. The lowest BCUT2D eigenvalue weighted by molar-refractivity contribution is 1.15. The van der Waals surface area contributed by atoms with Gasteiger partial charge in [0.1, 0.15) is 0 Å². The van der Waals surface area contributed by atoms with E-state index in [0.717, 1.165) is 22.8 Å². The Hall–Kier alpha value is -1.99. The van der Waals surface area contributed by atoms with Crippen molar-refractivity contribution in [3.05, 3.63) is 76.8 Å². The molecule has 0 fully saturated rings. The van der Waals surface area contributed by atoms with E-state index in [-0.39, 0.29) is 0 Å². The average Bonchev–Trinajstić information content (AvgIpc) is 2.46. The van der Waals surface area contributed by atoms with Gasteiger partial charge in [-0.2, -0.15) is 0 Å². The van der Waals surface area contributed by atoms with Gasteiger partial charge in [0.05, 0.1) is 0 Å². The molecule has 0 unspecified atom stereocenters. The molecule has 1 N–H and O–H groups in total. The number of halogens is 1. The van der Waals surface area contributed by atoms with Crippen LogP contribution in [0.2, 0.25) is 5.02 Å². The molecule has 0 aromatic heterocycles. The van der Waals surface area contributed by atoms with Gasteiger partial charge in [-0.1, -0.05) is 60.1 Å². The second-order valence-electron chi connectivity index (χ2n) is 4.98. The first-order chi connectivity index (χ1) is 9.74. The molecule has 20 heavy (non-hydrogen) atoms. The summed E-state index contributed by atoms with van der Waals surface area (Å²) < 4.78 is 0. The predicted octanol–water partition coefficient (Wildman–Crippen LogP) is 5.41. The molecule has 3 rings (SSSR count). The molecule has 0 atom stereocenters. The molecule has 3 aromatic rings. The van der Waals surface area contributed by atoms with Gasteiger partial charge >= 0.3 is 0 Å². The van der Waals surface area contributed by atoms with Crippen molar-refractivity contribution >= 4 is 28.1 Å². The van der Waals surface area contributed by atoms with Crippen LogP contribution in [-0.4, -0.2) is 0 Å². The topological polar surface area (TPSA) is 12.0 Å². The number of fused-ring (bicyclic) bond motifs is 1. The summed E-state index contributed by atoms with van der Waals surface area (Å²) in [6, 6.07) is 20.8. The van der Waals surface area contributed by atoms with E-state index in [0.29, 0.717) is 0 Å². The Morgan fingerprint density at radius 3 is 2.60 bits per heavy atom. The van der Waals surface area contributed by atoms with Crippen LogP contribution in [0.3, 0.4) is 0 Å². The molecule has 0 aliphatic heterocycles. The zero-order chi connectivity index (χ0) is 13.9. The average molecular weight is 282 g/mol. The molecule has 0 radical (unpaired) electrons. The number of hydrogen-bond acceptors (Lipinski definition) is 1. The van der Waals surface area contributed by atoms with E-state index >= 15 is 0 Å². The molecule has 0 aliphatic rings. The zero-order valence-electron chi connectivity index (χ0n) is 11.4. The maximum absolute atomic E-state index is 6.27. The van der Waals surface area contributed by atoms with E-state index in [1.807, 2.05) is 13.0 Å². The highest BCUT2D eigenvalue weighted by Gasteiger charge is 2.03. The summed E-state index contributed by atoms with van der Waals surface area (Å²) in [6.45, 7) is 2.78. The van der Waals surface area contributed by atoms with Crippen LogP contribution in [0.4, 0.5) is 5.69 Å². The van der Waals surface area contributed by atoms with Crippen LogP contribution in [0.1, 0.15) is 11.1 Å². The summed E-state index contributed by atoms with van der Waals surface area (Å²) in [5.41, 5.74) is 3.44. The minimum Gasteiger partial charge on any atom is -0.380 e. The Morgan fingerprint density at radius 2 is 1.75 bits per heavy atom. The Morgan fingerprint density at radius 1 is 0.950 bits per heavy atom. The second kappa shape index (κ2) is 5.56. The van der Waals surface area contributed by atoms with Gasteiger partial charge in [0.15, 0.2) is 0 Å². The smallest absolute Gasteiger partial charge is 0.0458 e. The van der Waals surface area contributed by atoms with Gasteiger partial charge in [0.2, 0.25) is 0 Å². The molecule has 0 spiro atoms. The fourth-order valence-corrected chi connectivity index (χ4v) is 2.67. The first-order valence-electron chi connectivity index (χ1n) is 6.71. The maximum atomic E-state index is 6.27. The SMILES string of the molecule is Cc1ccc(CNc2cccc3ccccc23)c(Cl)c1. The Labute approximate surface area is 124 Å². The van der Waals surface area contributed by atoms with E-state index in [2.05, 4.69) is 59.9 Å². The predicted molar refractivity (Wildman–Crippen MR) is 87.5 cm³/mol. The first-order valence-corrected chi connectivity index (χ1v) is 7.08. The Balaban J connectivity index is 1.87. The normalized spacial score (nSPS) is 10.7. The highest BCUT2D eigenvalue weighted by atomic mass is 35.5. The monoisotopic (exact) mass is 281 g/mol. The van der Waals surface area contributed by atoms with Crippen molar-refractivity contribution in [2.45, 2.75) is 13.5 Å². The van der Waals surface area contributed by atoms with Gasteiger partial charge in [-0.3, -0.25) is 0 Å². The van der Waals surface area contributed by atoms with Gasteiger partial charge in [0, 0.05) is 22.6 Å². The minimum atomic E-state index is 0.729. The highest BCUT2D eigenvalue weighted by molar-refractivity contribution is 6.31. The van der Waals surface area contributed by atoms with Crippen molar-refractivity contribution in [2.24, 2.45) is 0 Å². The summed E-state index contributed by atoms with van der Waals surface area (Å²) in [4.78, 5) is 0. The highest BCUT2D eigenvalue weighted by Crippen LogP contribution is 2.25. The minimum absolute atomic E-state index is 0.729. The van der Waals surface area contributed by atoms with E-state index in [1.165, 1.54) is 16.3 Å². The molecule has 0 amide bonds. The number of aryl methyl sites for hydroxylation is 1. The molecule has 0 bridgehead atoms. The van der Waals surface area contributed by atoms with E-state index in [9.17, 15) is 0 Å². The molecule has 0 saturated heterocycles. The number of nitrogens with one attached hydrogen (secondary N) is 1. The van der Waals surface area contributed by atoms with Crippen LogP contribution in [-0.2, 0) is 6.54 Å². The summed E-state index contributed by atoms with van der Waals surface area (Å²) in [7, 11) is 0. The zero-order valence-corrected chi connectivity index (χ0v) is 12.1. The maximum Gasteiger partial charge on any atom is 0.0458 e. The molecule has 3 aromatic carbocycles. The fourth-order valence-electron chi connectivity index (χ4n) is 2.37. The van der Waals surface area contributed by atoms with Gasteiger partial charge in [-0.15, -0.1) is 0 Å². The molecular weight excluding hydrogens is 266 g/mol. The molecule has 0 aliphatic carbocycles. The molecular formula is C18H16ClN. The van der Waals surface area contributed by atoms with Gasteiger partial charge in [-0.05, 0) is 35.6 Å². The molecule has 100 valence electrons. The number of hydrogen-bond donors (Lipinski definition) is 1.